The molecule has 0 fully saturated rings. The Morgan fingerprint density at radius 2 is 2.24 bits per heavy atom. The van der Waals surface area contributed by atoms with Crippen molar-refractivity contribution in [2.45, 2.75) is 19.8 Å². The molecule has 0 spiro atoms. The average Bonchev–Trinajstić information content (AvgIpc) is 2.29. The topological polar surface area (TPSA) is 38.0 Å². The predicted octanol–water partition coefficient (Wildman–Crippen LogP) is 2.71. The number of hydrogen-bond acceptors (Lipinski definition) is 2. The van der Waals surface area contributed by atoms with Gasteiger partial charge >= 0.3 is 0 Å². The Labute approximate surface area is 111 Å². The third kappa shape index (κ3) is 5.61. The molecule has 0 aliphatic rings. The Morgan fingerprint density at radius 1 is 1.47 bits per heavy atom. The van der Waals surface area contributed by atoms with Crippen LogP contribution in [-0.2, 0) is 6.42 Å². The monoisotopic (exact) mass is 302 g/mol. The number of benzene rings is 1. The van der Waals surface area contributed by atoms with Crippen molar-refractivity contribution in [1.29, 1.82) is 0 Å². The minimum absolute atomic E-state index is 0.134. The lowest BCUT2D eigenvalue weighted by Gasteiger charge is -2.11. The normalized spacial score (nSPS) is 12.7. The summed E-state index contributed by atoms with van der Waals surface area (Å²) >= 11 is 3.35. The number of hydrogen-bond donors (Lipinski definition) is 2. The van der Waals surface area contributed by atoms with E-state index in [1.807, 2.05) is 6.07 Å². The van der Waals surface area contributed by atoms with E-state index in [1.165, 1.54) is 6.07 Å². The Kier molecular flexibility index (Phi) is 6.70. The van der Waals surface area contributed by atoms with Crippen LogP contribution in [-0.4, -0.2) is 19.6 Å². The zero-order chi connectivity index (χ0) is 12.7. The molecule has 1 atom stereocenters. The van der Waals surface area contributed by atoms with Gasteiger partial charge in [-0.1, -0.05) is 22.9 Å². The largest absolute Gasteiger partial charge is 0.330 e. The maximum Gasteiger partial charge on any atom is 0.126 e. The van der Waals surface area contributed by atoms with Crippen molar-refractivity contribution in [3.8, 4) is 0 Å². The number of nitrogens with two attached hydrogens (primary N) is 1. The summed E-state index contributed by atoms with van der Waals surface area (Å²) in [5, 5.41) is 3.33. The number of rotatable bonds is 7. The molecule has 0 saturated carbocycles. The molecule has 0 heterocycles. The molecule has 0 saturated heterocycles. The van der Waals surface area contributed by atoms with Crippen LogP contribution in [0.1, 0.15) is 18.9 Å². The standard InChI is InChI=1S/C13H20BrFN2/c1-10(4-6-16)9-17-7-5-11-8-12(14)2-3-13(11)15/h2-3,8,10,17H,4-7,9,16H2,1H3. The Balaban J connectivity index is 2.28. The molecule has 1 rings (SSSR count). The molecular weight excluding hydrogens is 283 g/mol. The fraction of sp³-hybridized carbons (Fsp3) is 0.538. The molecule has 0 aromatic heterocycles. The fourth-order valence-electron chi connectivity index (χ4n) is 1.69. The first kappa shape index (κ1) is 14.6. The van der Waals surface area contributed by atoms with Gasteiger partial charge in [-0.25, -0.2) is 4.39 Å². The summed E-state index contributed by atoms with van der Waals surface area (Å²) in [6, 6.07) is 5.05. The second kappa shape index (κ2) is 7.80. The molecule has 0 aliphatic heterocycles. The lowest BCUT2D eigenvalue weighted by atomic mass is 10.1. The van der Waals surface area contributed by atoms with E-state index in [1.54, 1.807) is 6.07 Å². The zero-order valence-corrected chi connectivity index (χ0v) is 11.8. The summed E-state index contributed by atoms with van der Waals surface area (Å²) in [7, 11) is 0. The minimum Gasteiger partial charge on any atom is -0.330 e. The van der Waals surface area contributed by atoms with Gasteiger partial charge in [-0.15, -0.1) is 0 Å². The van der Waals surface area contributed by atoms with Gasteiger partial charge in [0.05, 0.1) is 0 Å². The molecule has 0 radical (unpaired) electrons. The molecule has 1 aromatic carbocycles. The first-order valence-corrected chi connectivity index (χ1v) is 6.77. The Bertz CT molecular complexity index is 344. The first-order chi connectivity index (χ1) is 8.13. The molecular formula is C13H20BrFN2. The van der Waals surface area contributed by atoms with Crippen molar-refractivity contribution in [1.82, 2.24) is 5.32 Å². The lowest BCUT2D eigenvalue weighted by molar-refractivity contribution is 0.486. The molecule has 1 aromatic rings. The van der Waals surface area contributed by atoms with Crippen molar-refractivity contribution in [3.05, 3.63) is 34.1 Å². The van der Waals surface area contributed by atoms with Gasteiger partial charge in [0.15, 0.2) is 0 Å². The molecule has 0 aliphatic carbocycles. The predicted molar refractivity (Wildman–Crippen MR) is 73.5 cm³/mol. The van der Waals surface area contributed by atoms with E-state index in [9.17, 15) is 4.39 Å². The van der Waals surface area contributed by atoms with E-state index < -0.39 is 0 Å². The third-order valence-corrected chi connectivity index (χ3v) is 3.22. The van der Waals surface area contributed by atoms with Gasteiger partial charge in [-0.05, 0) is 62.2 Å². The zero-order valence-electron chi connectivity index (χ0n) is 10.2. The van der Waals surface area contributed by atoms with Crippen LogP contribution in [0, 0.1) is 11.7 Å². The van der Waals surface area contributed by atoms with Gasteiger partial charge in [0.25, 0.3) is 0 Å². The summed E-state index contributed by atoms with van der Waals surface area (Å²) in [5.74, 6) is 0.442. The summed E-state index contributed by atoms with van der Waals surface area (Å²) in [5.41, 5.74) is 6.23. The first-order valence-electron chi connectivity index (χ1n) is 5.98. The molecule has 0 bridgehead atoms. The highest BCUT2D eigenvalue weighted by Gasteiger charge is 2.03. The van der Waals surface area contributed by atoms with E-state index >= 15 is 0 Å². The van der Waals surface area contributed by atoms with E-state index in [2.05, 4.69) is 28.2 Å². The number of nitrogens with one attached hydrogen (secondary N) is 1. The Morgan fingerprint density at radius 3 is 2.94 bits per heavy atom. The van der Waals surface area contributed by atoms with Gasteiger partial charge < -0.3 is 11.1 Å². The molecule has 96 valence electrons. The highest BCUT2D eigenvalue weighted by molar-refractivity contribution is 9.10. The Hall–Kier alpha value is -0.450. The smallest absolute Gasteiger partial charge is 0.126 e. The van der Waals surface area contributed by atoms with Crippen molar-refractivity contribution >= 4 is 15.9 Å². The second-order valence-electron chi connectivity index (χ2n) is 4.37. The van der Waals surface area contributed by atoms with Crippen LogP contribution >= 0.6 is 15.9 Å². The minimum atomic E-state index is -0.134. The van der Waals surface area contributed by atoms with Crippen LogP contribution in [0.2, 0.25) is 0 Å². The van der Waals surface area contributed by atoms with Crippen LogP contribution in [0.15, 0.2) is 22.7 Å². The number of halogens is 2. The van der Waals surface area contributed by atoms with Gasteiger partial charge in [0, 0.05) is 4.47 Å². The molecule has 1 unspecified atom stereocenters. The quantitative estimate of drug-likeness (QED) is 0.760. The maximum absolute atomic E-state index is 13.4. The van der Waals surface area contributed by atoms with Gasteiger partial charge in [0.2, 0.25) is 0 Å². The summed E-state index contributed by atoms with van der Waals surface area (Å²) in [6.07, 6.45) is 1.73. The van der Waals surface area contributed by atoms with Crippen LogP contribution in [0.25, 0.3) is 0 Å². The maximum atomic E-state index is 13.4. The van der Waals surface area contributed by atoms with Crippen molar-refractivity contribution in [2.24, 2.45) is 11.7 Å². The molecule has 0 amide bonds. The summed E-state index contributed by atoms with van der Waals surface area (Å²) < 4.78 is 14.3. The third-order valence-electron chi connectivity index (χ3n) is 2.73. The van der Waals surface area contributed by atoms with Crippen molar-refractivity contribution in [3.63, 3.8) is 0 Å². The van der Waals surface area contributed by atoms with Crippen LogP contribution in [0.3, 0.4) is 0 Å². The molecule has 3 N–H and O–H groups in total. The highest BCUT2D eigenvalue weighted by Crippen LogP contribution is 2.15. The average molecular weight is 303 g/mol. The van der Waals surface area contributed by atoms with Crippen LogP contribution in [0.4, 0.5) is 4.39 Å². The van der Waals surface area contributed by atoms with Gasteiger partial charge in [0.1, 0.15) is 5.82 Å². The molecule has 17 heavy (non-hydrogen) atoms. The van der Waals surface area contributed by atoms with E-state index in [0.717, 1.165) is 36.1 Å². The summed E-state index contributed by atoms with van der Waals surface area (Å²) in [4.78, 5) is 0. The van der Waals surface area contributed by atoms with E-state index in [0.29, 0.717) is 12.3 Å². The van der Waals surface area contributed by atoms with Gasteiger partial charge in [-0.3, -0.25) is 0 Å². The lowest BCUT2D eigenvalue weighted by Crippen LogP contribution is -2.25. The van der Waals surface area contributed by atoms with Crippen LogP contribution in [0.5, 0.6) is 0 Å². The van der Waals surface area contributed by atoms with Crippen molar-refractivity contribution < 1.29 is 4.39 Å². The van der Waals surface area contributed by atoms with Gasteiger partial charge in [-0.2, -0.15) is 0 Å². The van der Waals surface area contributed by atoms with E-state index in [-0.39, 0.29) is 5.82 Å². The fourth-order valence-corrected chi connectivity index (χ4v) is 2.10. The summed E-state index contributed by atoms with van der Waals surface area (Å²) in [6.45, 7) is 4.62. The molecule has 4 heteroatoms. The van der Waals surface area contributed by atoms with Crippen LogP contribution < -0.4 is 11.1 Å². The SMILES string of the molecule is CC(CCN)CNCCc1cc(Br)ccc1F. The second-order valence-corrected chi connectivity index (χ2v) is 5.29. The molecule has 2 nitrogen and oxygen atoms in total. The van der Waals surface area contributed by atoms with Crippen molar-refractivity contribution in [2.75, 3.05) is 19.6 Å². The highest BCUT2D eigenvalue weighted by atomic mass is 79.9. The van der Waals surface area contributed by atoms with E-state index in [4.69, 9.17) is 5.73 Å².